The average Bonchev–Trinajstić information content (AvgIpc) is 2.87. The van der Waals surface area contributed by atoms with E-state index in [1.165, 1.54) is 4.31 Å². The van der Waals surface area contributed by atoms with Crippen molar-refractivity contribution >= 4 is 26.5 Å². The molecule has 5 nitrogen and oxygen atoms in total. The molecule has 1 aliphatic rings. The number of anilines is 1. The Labute approximate surface area is 152 Å². The van der Waals surface area contributed by atoms with Gasteiger partial charge < -0.3 is 4.74 Å². The molecule has 3 aromatic rings. The van der Waals surface area contributed by atoms with Crippen LogP contribution in [0.3, 0.4) is 0 Å². The molecule has 26 heavy (non-hydrogen) atoms. The predicted molar refractivity (Wildman–Crippen MR) is 99.7 cm³/mol. The molecule has 3 aromatic carbocycles. The summed E-state index contributed by atoms with van der Waals surface area (Å²) in [6.45, 7) is 0.470. The lowest BCUT2D eigenvalue weighted by Crippen LogP contribution is -2.31. The maximum atomic E-state index is 12.9. The van der Waals surface area contributed by atoms with Crippen LogP contribution < -0.4 is 9.04 Å². The number of ether oxygens (including phenoxy) is 1. The fourth-order valence-corrected chi connectivity index (χ4v) is 4.93. The quantitative estimate of drug-likeness (QED) is 0.695. The van der Waals surface area contributed by atoms with Crippen molar-refractivity contribution in [1.82, 2.24) is 0 Å². The van der Waals surface area contributed by atoms with Gasteiger partial charge in [-0.2, -0.15) is 5.26 Å². The molecule has 0 N–H and O–H groups in total. The molecule has 0 aliphatic carbocycles. The zero-order valence-corrected chi connectivity index (χ0v) is 14.7. The second-order valence-corrected chi connectivity index (χ2v) is 7.87. The third-order valence-electron chi connectivity index (χ3n) is 4.45. The van der Waals surface area contributed by atoms with E-state index in [1.807, 2.05) is 36.4 Å². The molecule has 130 valence electrons. The van der Waals surface area contributed by atoms with Crippen molar-refractivity contribution in [3.63, 3.8) is 0 Å². The molecule has 1 aliphatic heterocycles. The van der Waals surface area contributed by atoms with Gasteiger partial charge in [-0.3, -0.25) is 4.31 Å². The van der Waals surface area contributed by atoms with E-state index >= 15 is 0 Å². The van der Waals surface area contributed by atoms with Gasteiger partial charge in [-0.15, -0.1) is 0 Å². The fourth-order valence-electron chi connectivity index (χ4n) is 3.24. The van der Waals surface area contributed by atoms with E-state index < -0.39 is 10.0 Å². The smallest absolute Gasteiger partial charge is 0.265 e. The van der Waals surface area contributed by atoms with Crippen molar-refractivity contribution in [2.45, 2.75) is 11.3 Å². The van der Waals surface area contributed by atoms with E-state index in [1.54, 1.807) is 24.3 Å². The molecule has 0 fully saturated rings. The summed E-state index contributed by atoms with van der Waals surface area (Å²) in [4.78, 5) is 0.353. The first kappa shape index (κ1) is 16.4. The predicted octanol–water partition coefficient (Wildman–Crippen LogP) is 3.49. The number of nitrogens with zero attached hydrogens (tertiary/aromatic N) is 2. The van der Waals surface area contributed by atoms with Gasteiger partial charge in [-0.05, 0) is 35.2 Å². The van der Waals surface area contributed by atoms with Crippen molar-refractivity contribution in [2.24, 2.45) is 0 Å². The molecule has 0 saturated carbocycles. The van der Waals surface area contributed by atoms with Gasteiger partial charge in [0.05, 0.1) is 29.6 Å². The first-order valence-corrected chi connectivity index (χ1v) is 9.68. The molecule has 0 spiro atoms. The van der Waals surface area contributed by atoms with Gasteiger partial charge in [0.25, 0.3) is 10.0 Å². The summed E-state index contributed by atoms with van der Waals surface area (Å²) < 4.78 is 32.8. The van der Waals surface area contributed by atoms with Crippen LogP contribution in [0.2, 0.25) is 0 Å². The molecule has 4 rings (SSSR count). The lowest BCUT2D eigenvalue weighted by Gasteiger charge is -2.19. The average molecular weight is 364 g/mol. The standard InChI is InChI=1S/C20H16N2O3S/c21-12-11-15-7-9-17(10-8-15)25-14-13-22-18-5-1-3-16-4-2-6-19(20(16)18)26(22,23)24/h1-10H,11,13-14H2. The normalized spacial score (nSPS) is 14.3. The van der Waals surface area contributed by atoms with Gasteiger partial charge in [0.1, 0.15) is 12.4 Å². The molecule has 0 saturated heterocycles. The monoisotopic (exact) mass is 364 g/mol. The summed E-state index contributed by atoms with van der Waals surface area (Å²) in [5.41, 5.74) is 1.62. The van der Waals surface area contributed by atoms with Gasteiger partial charge in [0, 0.05) is 5.39 Å². The summed E-state index contributed by atoms with van der Waals surface area (Å²) in [5, 5.41) is 10.4. The Morgan fingerprint density at radius 3 is 2.46 bits per heavy atom. The summed E-state index contributed by atoms with van der Waals surface area (Å²) in [6, 6.07) is 20.3. The molecule has 0 unspecified atom stereocenters. The highest BCUT2D eigenvalue weighted by atomic mass is 32.2. The zero-order valence-electron chi connectivity index (χ0n) is 13.9. The van der Waals surface area contributed by atoms with Gasteiger partial charge in [0.15, 0.2) is 0 Å². The van der Waals surface area contributed by atoms with Crippen LogP contribution in [0.5, 0.6) is 5.75 Å². The highest BCUT2D eigenvalue weighted by molar-refractivity contribution is 7.93. The van der Waals surface area contributed by atoms with Crippen LogP contribution in [0.15, 0.2) is 65.6 Å². The van der Waals surface area contributed by atoms with Gasteiger partial charge in [-0.25, -0.2) is 8.42 Å². The van der Waals surface area contributed by atoms with Crippen LogP contribution in [0, 0.1) is 11.3 Å². The molecule has 0 atom stereocenters. The Morgan fingerprint density at radius 1 is 1.00 bits per heavy atom. The van der Waals surface area contributed by atoms with Crippen molar-refractivity contribution in [3.8, 4) is 11.8 Å². The lowest BCUT2D eigenvalue weighted by atomic mass is 10.1. The second-order valence-electron chi connectivity index (χ2n) is 6.04. The Morgan fingerprint density at radius 2 is 1.73 bits per heavy atom. The van der Waals surface area contributed by atoms with Gasteiger partial charge in [-0.1, -0.05) is 36.4 Å². The van der Waals surface area contributed by atoms with E-state index in [4.69, 9.17) is 10.00 Å². The first-order chi connectivity index (χ1) is 12.6. The van der Waals surface area contributed by atoms with Crippen LogP contribution in [0.25, 0.3) is 10.8 Å². The third kappa shape index (κ3) is 2.67. The Balaban J connectivity index is 1.53. The van der Waals surface area contributed by atoms with Crippen LogP contribution in [0.1, 0.15) is 5.56 Å². The van der Waals surface area contributed by atoms with Crippen molar-refractivity contribution in [1.29, 1.82) is 5.26 Å². The second kappa shape index (κ2) is 6.36. The maximum absolute atomic E-state index is 12.9. The van der Waals surface area contributed by atoms with Crippen LogP contribution in [-0.4, -0.2) is 21.6 Å². The summed E-state index contributed by atoms with van der Waals surface area (Å²) in [5.74, 6) is 0.652. The van der Waals surface area contributed by atoms with Gasteiger partial charge >= 0.3 is 0 Å². The molecule has 0 bridgehead atoms. The van der Waals surface area contributed by atoms with E-state index in [0.717, 1.165) is 16.3 Å². The topological polar surface area (TPSA) is 70.4 Å². The summed E-state index contributed by atoms with van der Waals surface area (Å²) in [7, 11) is -3.55. The highest BCUT2D eigenvalue weighted by Crippen LogP contribution is 2.41. The lowest BCUT2D eigenvalue weighted by molar-refractivity contribution is 0.328. The number of hydrogen-bond donors (Lipinski definition) is 0. The van der Waals surface area contributed by atoms with E-state index in [-0.39, 0.29) is 13.2 Å². The zero-order chi connectivity index (χ0) is 18.1. The summed E-state index contributed by atoms with van der Waals surface area (Å²) >= 11 is 0. The molecule has 0 radical (unpaired) electrons. The minimum atomic E-state index is -3.55. The maximum Gasteiger partial charge on any atom is 0.265 e. The van der Waals surface area contributed by atoms with Crippen molar-refractivity contribution < 1.29 is 13.2 Å². The first-order valence-electron chi connectivity index (χ1n) is 8.24. The molecule has 0 amide bonds. The minimum Gasteiger partial charge on any atom is -0.492 e. The molecule has 1 heterocycles. The highest BCUT2D eigenvalue weighted by Gasteiger charge is 2.35. The molecule has 6 heteroatoms. The Hall–Kier alpha value is -3.04. The van der Waals surface area contributed by atoms with Crippen LogP contribution in [0.4, 0.5) is 5.69 Å². The van der Waals surface area contributed by atoms with Crippen molar-refractivity contribution in [3.05, 3.63) is 66.2 Å². The fraction of sp³-hybridized carbons (Fsp3) is 0.150. The number of rotatable bonds is 5. The van der Waals surface area contributed by atoms with E-state index in [0.29, 0.717) is 22.8 Å². The van der Waals surface area contributed by atoms with Crippen molar-refractivity contribution in [2.75, 3.05) is 17.5 Å². The number of sulfonamides is 1. The molecular weight excluding hydrogens is 348 g/mol. The molecular formula is C20H16N2O3S. The van der Waals surface area contributed by atoms with Crippen LogP contribution >= 0.6 is 0 Å². The number of nitriles is 1. The van der Waals surface area contributed by atoms with E-state index in [2.05, 4.69) is 6.07 Å². The van der Waals surface area contributed by atoms with E-state index in [9.17, 15) is 8.42 Å². The van der Waals surface area contributed by atoms with Gasteiger partial charge in [0.2, 0.25) is 0 Å². The summed E-state index contributed by atoms with van der Waals surface area (Å²) in [6.07, 6.45) is 0.356. The third-order valence-corrected chi connectivity index (χ3v) is 6.31. The Bertz CT molecular complexity index is 1110. The molecule has 0 aromatic heterocycles. The number of benzene rings is 3. The minimum absolute atomic E-state index is 0.232. The number of hydrogen-bond acceptors (Lipinski definition) is 4. The largest absolute Gasteiger partial charge is 0.492 e. The SMILES string of the molecule is N#CCc1ccc(OCCN2c3cccc4cccc(c34)S2(=O)=O)cc1. The van der Waals surface area contributed by atoms with Crippen LogP contribution in [-0.2, 0) is 16.4 Å². The Kier molecular flexibility index (Phi) is 4.02.